The van der Waals surface area contributed by atoms with E-state index in [2.05, 4.69) is 531 Å². The Balaban J connectivity index is 0.000000144. The molecule has 0 unspecified atom stereocenters. The SMILES string of the molecule is CC1(C)c2ccccc2-c2ccc(-n3c4ccccc4c4cc(N(c5ccc(-c6cccc7ccccc67)cc5)c5ccc(-c6c7ccccc7c(-c7ccccc7)c7ccccc67)cc5)ccc43)cc21.Cc1ccc2c(c1)c1cc(N(c3ccc(-c4cccc5ccccc45)cc3)c3ccc(-c4c5ccccc5c(-c5ccccc5)c5ccccc45)cc3)ccc1n2-c1ccccc1. The maximum atomic E-state index is 2.46. The summed E-state index contributed by atoms with van der Waals surface area (Å²) in [6.45, 7) is 6.91. The van der Waals surface area contributed by atoms with Gasteiger partial charge in [-0.25, -0.2) is 0 Å². The van der Waals surface area contributed by atoms with Crippen LogP contribution in [0.15, 0.2) is 491 Å². The van der Waals surface area contributed by atoms with Crippen LogP contribution in [0.5, 0.6) is 0 Å². The lowest BCUT2D eigenvalue weighted by molar-refractivity contribution is 0.660. The highest BCUT2D eigenvalue weighted by molar-refractivity contribution is 6.24. The first-order valence-electron chi connectivity index (χ1n) is 46.5. The summed E-state index contributed by atoms with van der Waals surface area (Å²) in [5, 5.41) is 19.9. The molecule has 25 aromatic rings. The molecule has 1 aliphatic carbocycles. The monoisotopic (exact) mass is 1710 g/mol. The number of aromatic nitrogens is 2. The molecule has 0 saturated carbocycles. The molecule has 23 aromatic carbocycles. The normalized spacial score (nSPS) is 12.2. The van der Waals surface area contributed by atoms with Gasteiger partial charge in [0.2, 0.25) is 0 Å². The quantitative estimate of drug-likeness (QED) is 0.101. The number of para-hydroxylation sites is 2. The van der Waals surface area contributed by atoms with Crippen molar-refractivity contribution in [1.29, 1.82) is 0 Å². The van der Waals surface area contributed by atoms with Gasteiger partial charge in [-0.15, -0.1) is 0 Å². The van der Waals surface area contributed by atoms with Gasteiger partial charge in [0.05, 0.1) is 22.1 Å². The molecule has 0 spiro atoms. The molecule has 0 atom stereocenters. The number of benzene rings is 23. The summed E-state index contributed by atoms with van der Waals surface area (Å²) >= 11 is 0. The average molecular weight is 1710 g/mol. The van der Waals surface area contributed by atoms with Gasteiger partial charge in [0.1, 0.15) is 0 Å². The first-order chi connectivity index (χ1) is 66.2. The van der Waals surface area contributed by atoms with Crippen molar-refractivity contribution in [2.75, 3.05) is 9.80 Å². The summed E-state index contributed by atoms with van der Waals surface area (Å²) in [4.78, 5) is 4.83. The Hall–Kier alpha value is -17.2. The topological polar surface area (TPSA) is 16.3 Å². The minimum atomic E-state index is -0.0983. The van der Waals surface area contributed by atoms with Crippen LogP contribution in [-0.4, -0.2) is 9.13 Å². The van der Waals surface area contributed by atoms with Crippen LogP contribution in [0, 0.1) is 6.92 Å². The molecular formula is C130H90N4. The van der Waals surface area contributed by atoms with Gasteiger partial charge in [0.15, 0.2) is 0 Å². The summed E-state index contributed by atoms with van der Waals surface area (Å²) in [6, 6.07) is 181. The Morgan fingerprint density at radius 3 is 0.918 bits per heavy atom. The predicted molar refractivity (Wildman–Crippen MR) is 571 cm³/mol. The molecule has 4 nitrogen and oxygen atoms in total. The van der Waals surface area contributed by atoms with Crippen molar-refractivity contribution in [2.24, 2.45) is 0 Å². The van der Waals surface area contributed by atoms with E-state index in [9.17, 15) is 0 Å². The summed E-state index contributed by atoms with van der Waals surface area (Å²) in [6.07, 6.45) is 0. The second-order valence-electron chi connectivity index (χ2n) is 36.2. The maximum Gasteiger partial charge on any atom is 0.0542 e. The molecule has 2 heterocycles. The smallest absolute Gasteiger partial charge is 0.0542 e. The zero-order chi connectivity index (χ0) is 89.1. The van der Waals surface area contributed by atoms with E-state index >= 15 is 0 Å². The molecule has 1 aliphatic rings. The first-order valence-corrected chi connectivity index (χ1v) is 46.5. The van der Waals surface area contributed by atoms with Gasteiger partial charge >= 0.3 is 0 Å². The molecule has 0 amide bonds. The van der Waals surface area contributed by atoms with Crippen molar-refractivity contribution < 1.29 is 0 Å². The number of aryl methyl sites for hydroxylation is 1. The van der Waals surface area contributed by atoms with Crippen molar-refractivity contribution in [3.63, 3.8) is 0 Å². The minimum Gasteiger partial charge on any atom is -0.310 e. The van der Waals surface area contributed by atoms with Gasteiger partial charge < -0.3 is 18.9 Å². The third kappa shape index (κ3) is 13.3. The molecule has 0 saturated heterocycles. The highest BCUT2D eigenvalue weighted by atomic mass is 15.1. The van der Waals surface area contributed by atoms with Crippen molar-refractivity contribution in [3.05, 3.63) is 508 Å². The van der Waals surface area contributed by atoms with E-state index in [1.54, 1.807) is 0 Å². The van der Waals surface area contributed by atoms with E-state index < -0.39 is 0 Å². The van der Waals surface area contributed by atoms with E-state index in [1.807, 2.05) is 0 Å². The molecule has 0 bridgehead atoms. The number of rotatable bonds is 14. The number of anilines is 6. The van der Waals surface area contributed by atoms with E-state index in [0.29, 0.717) is 0 Å². The van der Waals surface area contributed by atoms with E-state index in [0.717, 1.165) is 39.8 Å². The van der Waals surface area contributed by atoms with Crippen molar-refractivity contribution in [1.82, 2.24) is 9.13 Å². The van der Waals surface area contributed by atoms with Gasteiger partial charge in [-0.1, -0.05) is 383 Å². The van der Waals surface area contributed by atoms with Crippen molar-refractivity contribution >= 4 is 142 Å². The van der Waals surface area contributed by atoms with Gasteiger partial charge in [0.25, 0.3) is 0 Å². The Morgan fingerprint density at radius 1 is 0.179 bits per heavy atom. The average Bonchev–Trinajstić information content (AvgIpc) is 1.64. The standard InChI is InChI=1S/C69H48N2.C61H42N2/c1-69(2)63-29-14-12-22-55(63)56-41-39-52(44-64(56)69)71-65-30-15-13-23-57(65)62-43-51(40-42-66(62)71)70(49-35-31-46(32-36-49)54-28-16-20-45-17-6-7-21-53(45)54)50-37-33-48(34-38-50)68-60-26-10-8-24-58(60)67(47-18-4-3-5-19-47)59-25-9-11-27-61(59)68;1-41-27-37-58-56(39-41)57-40-49(36-38-59(57)63(58)46-19-6-3-7-20-46)62(47-32-28-43(29-33-47)51-26-14-18-42-15-8-9-21-50(42)51)48-34-30-45(31-35-48)61-54-24-12-10-22-52(54)60(44-16-4-2-5-17-44)53-23-11-13-25-55(53)61/h3-44H,1-2H3;2-40H,1H3. The second kappa shape index (κ2) is 32.5. The Kier molecular flexibility index (Phi) is 19.2. The molecule has 0 radical (unpaired) electrons. The number of hydrogen-bond acceptors (Lipinski definition) is 2. The lowest BCUT2D eigenvalue weighted by Crippen LogP contribution is -2.15. The lowest BCUT2D eigenvalue weighted by atomic mass is 9.82. The van der Waals surface area contributed by atoms with Crippen LogP contribution < -0.4 is 9.80 Å². The molecule has 0 aliphatic heterocycles. The third-order valence-corrected chi connectivity index (χ3v) is 28.2. The first kappa shape index (κ1) is 79.0. The predicted octanol–water partition coefficient (Wildman–Crippen LogP) is 36.0. The molecule has 0 fully saturated rings. The molecule has 2 aromatic heterocycles. The van der Waals surface area contributed by atoms with E-state index in [4.69, 9.17) is 0 Å². The number of fused-ring (bicyclic) bond motifs is 15. The molecule has 630 valence electrons. The molecule has 4 heteroatoms. The largest absolute Gasteiger partial charge is 0.310 e. The lowest BCUT2D eigenvalue weighted by Gasteiger charge is -2.26. The highest BCUT2D eigenvalue weighted by Crippen LogP contribution is 2.53. The van der Waals surface area contributed by atoms with Crippen LogP contribution >= 0.6 is 0 Å². The van der Waals surface area contributed by atoms with E-state index in [1.165, 1.54) is 209 Å². The van der Waals surface area contributed by atoms with Crippen molar-refractivity contribution in [3.8, 4) is 89.3 Å². The van der Waals surface area contributed by atoms with Gasteiger partial charge in [-0.3, -0.25) is 0 Å². The highest BCUT2D eigenvalue weighted by Gasteiger charge is 2.36. The molecule has 26 rings (SSSR count). The fourth-order valence-electron chi connectivity index (χ4n) is 22.0. The second-order valence-corrected chi connectivity index (χ2v) is 36.2. The van der Waals surface area contributed by atoms with Crippen LogP contribution in [0.1, 0.15) is 30.5 Å². The summed E-state index contributed by atoms with van der Waals surface area (Å²) < 4.78 is 4.85. The van der Waals surface area contributed by atoms with Crippen molar-refractivity contribution in [2.45, 2.75) is 26.2 Å². The van der Waals surface area contributed by atoms with Crippen LogP contribution in [-0.2, 0) is 5.41 Å². The van der Waals surface area contributed by atoms with Crippen LogP contribution in [0.4, 0.5) is 34.1 Å². The Labute approximate surface area is 779 Å². The zero-order valence-corrected chi connectivity index (χ0v) is 74.6. The third-order valence-electron chi connectivity index (χ3n) is 28.2. The van der Waals surface area contributed by atoms with Crippen LogP contribution in [0.2, 0.25) is 0 Å². The van der Waals surface area contributed by atoms with Gasteiger partial charge in [0, 0.05) is 72.5 Å². The van der Waals surface area contributed by atoms with Crippen LogP contribution in [0.3, 0.4) is 0 Å². The fraction of sp³-hybridized carbons (Fsp3) is 0.0308. The minimum absolute atomic E-state index is 0.0983. The Morgan fingerprint density at radius 2 is 0.478 bits per heavy atom. The molecule has 134 heavy (non-hydrogen) atoms. The Bertz CT molecular complexity index is 8810. The number of hydrogen-bond donors (Lipinski definition) is 0. The maximum absolute atomic E-state index is 2.46. The fourth-order valence-corrected chi connectivity index (χ4v) is 22.0. The molecular weight excluding hydrogens is 1620 g/mol. The molecule has 0 N–H and O–H groups in total. The van der Waals surface area contributed by atoms with E-state index in [-0.39, 0.29) is 5.41 Å². The summed E-state index contributed by atoms with van der Waals surface area (Å²) in [7, 11) is 0. The van der Waals surface area contributed by atoms with Gasteiger partial charge in [-0.05, 0) is 288 Å². The summed E-state index contributed by atoms with van der Waals surface area (Å²) in [5.74, 6) is 0. The zero-order valence-electron chi connectivity index (χ0n) is 74.6. The van der Waals surface area contributed by atoms with Gasteiger partial charge in [-0.2, -0.15) is 0 Å². The summed E-state index contributed by atoms with van der Waals surface area (Å²) in [5.41, 5.74) is 35.0. The van der Waals surface area contributed by atoms with Crippen LogP contribution in [0.25, 0.3) is 198 Å². The number of nitrogens with zero attached hydrogens (tertiary/aromatic N) is 4.